The number of halogens is 2. The quantitative estimate of drug-likeness (QED) is 0.537. The van der Waals surface area contributed by atoms with E-state index in [2.05, 4.69) is 25.1 Å². The molecule has 3 rings (SSSR count). The minimum absolute atomic E-state index is 0.344. The summed E-state index contributed by atoms with van der Waals surface area (Å²) in [5.74, 6) is -1.50. The van der Waals surface area contributed by atoms with Crippen molar-refractivity contribution in [3.05, 3.63) is 59.2 Å². The highest BCUT2D eigenvalue weighted by molar-refractivity contribution is 5.99. The molecule has 0 aliphatic rings. The largest absolute Gasteiger partial charge is 0.203 e. The molecule has 0 saturated carbocycles. The Labute approximate surface area is 117 Å². The molecule has 0 N–H and O–H groups in total. The first-order valence-electron chi connectivity index (χ1n) is 6.91. The molecule has 0 radical (unpaired) electrons. The zero-order valence-electron chi connectivity index (χ0n) is 11.6. The van der Waals surface area contributed by atoms with E-state index in [1.807, 2.05) is 6.07 Å². The molecule has 0 fully saturated rings. The van der Waals surface area contributed by atoms with Crippen LogP contribution in [0.15, 0.2) is 36.4 Å². The Kier molecular flexibility index (Phi) is 3.17. The number of benzene rings is 3. The summed E-state index contributed by atoms with van der Waals surface area (Å²) in [4.78, 5) is 0. The minimum atomic E-state index is -0.749. The predicted octanol–water partition coefficient (Wildman–Crippen LogP) is 5.53. The van der Waals surface area contributed by atoms with Crippen LogP contribution in [-0.4, -0.2) is 0 Å². The van der Waals surface area contributed by atoms with Crippen molar-refractivity contribution in [2.24, 2.45) is 0 Å². The van der Waals surface area contributed by atoms with Gasteiger partial charge in [-0.25, -0.2) is 8.78 Å². The van der Waals surface area contributed by atoms with Gasteiger partial charge in [0.15, 0.2) is 11.6 Å². The second kappa shape index (κ2) is 4.86. The summed E-state index contributed by atoms with van der Waals surface area (Å²) < 4.78 is 27.7. The summed E-state index contributed by atoms with van der Waals surface area (Å²) >= 11 is 0. The van der Waals surface area contributed by atoms with Gasteiger partial charge < -0.3 is 0 Å². The van der Waals surface area contributed by atoms with Crippen molar-refractivity contribution < 1.29 is 8.78 Å². The van der Waals surface area contributed by atoms with Gasteiger partial charge >= 0.3 is 0 Å². The van der Waals surface area contributed by atoms with E-state index < -0.39 is 11.6 Å². The summed E-state index contributed by atoms with van der Waals surface area (Å²) in [5, 5.41) is 3.12. The Morgan fingerprint density at radius 2 is 1.65 bits per heavy atom. The van der Waals surface area contributed by atoms with Crippen LogP contribution < -0.4 is 0 Å². The Hall–Kier alpha value is -1.96. The monoisotopic (exact) mass is 270 g/mol. The highest BCUT2D eigenvalue weighted by atomic mass is 19.2. The van der Waals surface area contributed by atoms with E-state index in [4.69, 9.17) is 0 Å². The van der Waals surface area contributed by atoms with Crippen LogP contribution in [0.3, 0.4) is 0 Å². The standard InChI is InChI=1S/C18H16F2/c1-3-4-12-5-6-13-9-15-7-11(2)17(19)18(20)16(15)10-14(13)8-12/h5-10H,3-4H2,1-2H3. The third-order valence-electron chi connectivity index (χ3n) is 3.76. The van der Waals surface area contributed by atoms with Gasteiger partial charge in [-0.2, -0.15) is 0 Å². The van der Waals surface area contributed by atoms with Crippen molar-refractivity contribution in [1.82, 2.24) is 0 Å². The van der Waals surface area contributed by atoms with Gasteiger partial charge in [-0.15, -0.1) is 0 Å². The van der Waals surface area contributed by atoms with Gasteiger partial charge in [-0.05, 0) is 58.8 Å². The van der Waals surface area contributed by atoms with Crippen LogP contribution in [0.4, 0.5) is 8.78 Å². The Morgan fingerprint density at radius 3 is 2.40 bits per heavy atom. The van der Waals surface area contributed by atoms with Crippen LogP contribution in [0, 0.1) is 18.6 Å². The molecule has 0 spiro atoms. The van der Waals surface area contributed by atoms with Crippen molar-refractivity contribution in [2.75, 3.05) is 0 Å². The lowest BCUT2D eigenvalue weighted by molar-refractivity contribution is 0.511. The molecule has 0 saturated heterocycles. The maximum atomic E-state index is 14.1. The molecule has 0 amide bonds. The SMILES string of the molecule is CCCc1ccc2cc3cc(C)c(F)c(F)c3cc2c1. The fraction of sp³-hybridized carbons (Fsp3) is 0.222. The fourth-order valence-electron chi connectivity index (χ4n) is 2.71. The van der Waals surface area contributed by atoms with Gasteiger partial charge in [0.1, 0.15) is 0 Å². The van der Waals surface area contributed by atoms with Crippen LogP contribution in [0.2, 0.25) is 0 Å². The van der Waals surface area contributed by atoms with Gasteiger partial charge in [-0.3, -0.25) is 0 Å². The van der Waals surface area contributed by atoms with E-state index in [9.17, 15) is 8.78 Å². The molecular weight excluding hydrogens is 254 g/mol. The maximum absolute atomic E-state index is 14.1. The van der Waals surface area contributed by atoms with Crippen LogP contribution >= 0.6 is 0 Å². The average molecular weight is 270 g/mol. The number of fused-ring (bicyclic) bond motifs is 2. The first kappa shape index (κ1) is 13.0. The lowest BCUT2D eigenvalue weighted by atomic mass is 9.98. The molecule has 0 aliphatic heterocycles. The highest BCUT2D eigenvalue weighted by Crippen LogP contribution is 2.28. The first-order valence-corrected chi connectivity index (χ1v) is 6.91. The highest BCUT2D eigenvalue weighted by Gasteiger charge is 2.11. The zero-order chi connectivity index (χ0) is 14.3. The minimum Gasteiger partial charge on any atom is -0.203 e. The zero-order valence-corrected chi connectivity index (χ0v) is 11.6. The summed E-state index contributed by atoms with van der Waals surface area (Å²) in [6, 6.07) is 11.6. The molecule has 3 aromatic carbocycles. The molecule has 0 aromatic heterocycles. The van der Waals surface area contributed by atoms with Crippen LogP contribution in [0.5, 0.6) is 0 Å². The molecule has 20 heavy (non-hydrogen) atoms. The number of hydrogen-bond acceptors (Lipinski definition) is 0. The van der Waals surface area contributed by atoms with Gasteiger partial charge in [0, 0.05) is 5.39 Å². The molecule has 102 valence electrons. The van der Waals surface area contributed by atoms with Gasteiger partial charge in [0.25, 0.3) is 0 Å². The average Bonchev–Trinajstić information content (AvgIpc) is 2.44. The molecule has 0 bridgehead atoms. The van der Waals surface area contributed by atoms with Gasteiger partial charge in [-0.1, -0.05) is 31.5 Å². The third kappa shape index (κ3) is 2.05. The lowest BCUT2D eigenvalue weighted by Crippen LogP contribution is -1.92. The van der Waals surface area contributed by atoms with E-state index in [1.54, 1.807) is 19.1 Å². The van der Waals surface area contributed by atoms with Gasteiger partial charge in [0.05, 0.1) is 0 Å². The van der Waals surface area contributed by atoms with Crippen molar-refractivity contribution in [3.63, 3.8) is 0 Å². The smallest absolute Gasteiger partial charge is 0.166 e. The van der Waals surface area contributed by atoms with E-state index in [-0.39, 0.29) is 0 Å². The molecule has 0 aliphatic carbocycles. The van der Waals surface area contributed by atoms with Crippen molar-refractivity contribution in [3.8, 4) is 0 Å². The van der Waals surface area contributed by atoms with Crippen LogP contribution in [-0.2, 0) is 6.42 Å². The van der Waals surface area contributed by atoms with E-state index in [1.165, 1.54) is 5.56 Å². The summed E-state index contributed by atoms with van der Waals surface area (Å²) in [6.45, 7) is 3.72. The molecule has 0 unspecified atom stereocenters. The second-order valence-corrected chi connectivity index (χ2v) is 5.33. The Morgan fingerprint density at radius 1 is 0.850 bits per heavy atom. The third-order valence-corrected chi connectivity index (χ3v) is 3.76. The fourth-order valence-corrected chi connectivity index (χ4v) is 2.71. The van der Waals surface area contributed by atoms with E-state index in [0.717, 1.165) is 29.0 Å². The Bertz CT molecular complexity index is 803. The Balaban J connectivity index is 2.32. The van der Waals surface area contributed by atoms with Crippen molar-refractivity contribution >= 4 is 21.5 Å². The molecule has 3 aromatic rings. The number of rotatable bonds is 2. The predicted molar refractivity (Wildman–Crippen MR) is 80.1 cm³/mol. The van der Waals surface area contributed by atoms with Crippen LogP contribution in [0.1, 0.15) is 24.5 Å². The van der Waals surface area contributed by atoms with E-state index in [0.29, 0.717) is 10.9 Å². The summed E-state index contributed by atoms with van der Waals surface area (Å²) in [5.41, 5.74) is 1.57. The number of hydrogen-bond donors (Lipinski definition) is 0. The summed E-state index contributed by atoms with van der Waals surface area (Å²) in [6.07, 6.45) is 2.07. The second-order valence-electron chi connectivity index (χ2n) is 5.33. The van der Waals surface area contributed by atoms with E-state index >= 15 is 0 Å². The maximum Gasteiger partial charge on any atom is 0.166 e. The first-order chi connectivity index (χ1) is 9.60. The number of aryl methyl sites for hydroxylation is 2. The molecular formula is C18H16F2. The molecule has 0 nitrogen and oxygen atoms in total. The molecule has 0 atom stereocenters. The normalized spacial score (nSPS) is 11.4. The van der Waals surface area contributed by atoms with Crippen molar-refractivity contribution in [2.45, 2.75) is 26.7 Å². The lowest BCUT2D eigenvalue weighted by Gasteiger charge is -2.08. The van der Waals surface area contributed by atoms with Gasteiger partial charge in [0.2, 0.25) is 0 Å². The molecule has 2 heteroatoms. The molecule has 0 heterocycles. The topological polar surface area (TPSA) is 0 Å². The summed E-state index contributed by atoms with van der Waals surface area (Å²) in [7, 11) is 0. The van der Waals surface area contributed by atoms with Crippen molar-refractivity contribution in [1.29, 1.82) is 0 Å². The van der Waals surface area contributed by atoms with Crippen LogP contribution in [0.25, 0.3) is 21.5 Å².